The fraction of sp³-hybridized carbons (Fsp3) is 0.692. The van der Waals surface area contributed by atoms with Gasteiger partial charge in [-0.2, -0.15) is 4.98 Å². The standard InChI is InChI=1S/C13H20N2O4/c1-8(2)18-12-9(3)6-15(13(17)14-12)11-5-4-10(7-16)19-11/h6,8,10-11,16H,4-5,7H2,1-3H3. The Kier molecular flexibility index (Phi) is 4.21. The molecule has 1 fully saturated rings. The second-order valence-corrected chi connectivity index (χ2v) is 5.06. The summed E-state index contributed by atoms with van der Waals surface area (Å²) in [6, 6.07) is 0. The van der Waals surface area contributed by atoms with Crippen molar-refractivity contribution in [2.75, 3.05) is 6.61 Å². The van der Waals surface area contributed by atoms with Gasteiger partial charge in [-0.05, 0) is 33.6 Å². The highest BCUT2D eigenvalue weighted by Gasteiger charge is 2.27. The van der Waals surface area contributed by atoms with Crippen LogP contribution in [-0.4, -0.2) is 33.5 Å². The Balaban J connectivity index is 2.24. The monoisotopic (exact) mass is 268 g/mol. The van der Waals surface area contributed by atoms with Gasteiger partial charge in [0.1, 0.15) is 6.23 Å². The molecule has 1 aromatic rings. The number of aryl methyl sites for hydroxylation is 1. The van der Waals surface area contributed by atoms with Crippen molar-refractivity contribution >= 4 is 0 Å². The van der Waals surface area contributed by atoms with Crippen molar-refractivity contribution in [1.29, 1.82) is 0 Å². The highest BCUT2D eigenvalue weighted by Crippen LogP contribution is 2.27. The molecule has 1 saturated heterocycles. The summed E-state index contributed by atoms with van der Waals surface area (Å²) in [4.78, 5) is 15.9. The number of hydrogen-bond acceptors (Lipinski definition) is 5. The first kappa shape index (κ1) is 14.0. The van der Waals surface area contributed by atoms with E-state index in [0.717, 1.165) is 12.0 Å². The lowest BCUT2D eigenvalue weighted by Gasteiger charge is -2.17. The van der Waals surface area contributed by atoms with Crippen LogP contribution in [0.15, 0.2) is 11.0 Å². The summed E-state index contributed by atoms with van der Waals surface area (Å²) < 4.78 is 12.5. The lowest BCUT2D eigenvalue weighted by Crippen LogP contribution is -2.28. The molecule has 0 bridgehead atoms. The van der Waals surface area contributed by atoms with Crippen LogP contribution in [0, 0.1) is 6.92 Å². The zero-order valence-corrected chi connectivity index (χ0v) is 11.5. The summed E-state index contributed by atoms with van der Waals surface area (Å²) >= 11 is 0. The van der Waals surface area contributed by atoms with Crippen molar-refractivity contribution in [1.82, 2.24) is 9.55 Å². The molecule has 2 rings (SSSR count). The van der Waals surface area contributed by atoms with Crippen molar-refractivity contribution < 1.29 is 14.6 Å². The highest BCUT2D eigenvalue weighted by molar-refractivity contribution is 5.21. The van der Waals surface area contributed by atoms with E-state index in [1.807, 2.05) is 20.8 Å². The van der Waals surface area contributed by atoms with E-state index in [-0.39, 0.29) is 30.7 Å². The molecule has 6 heteroatoms. The second-order valence-electron chi connectivity index (χ2n) is 5.06. The molecule has 0 saturated carbocycles. The van der Waals surface area contributed by atoms with Crippen LogP contribution < -0.4 is 10.4 Å². The third kappa shape index (κ3) is 3.13. The van der Waals surface area contributed by atoms with Gasteiger partial charge in [-0.15, -0.1) is 0 Å². The van der Waals surface area contributed by atoms with Gasteiger partial charge in [0, 0.05) is 11.8 Å². The van der Waals surface area contributed by atoms with E-state index in [4.69, 9.17) is 14.6 Å². The summed E-state index contributed by atoms with van der Waals surface area (Å²) in [5, 5.41) is 9.05. The topological polar surface area (TPSA) is 73.6 Å². The Bertz CT molecular complexity index is 498. The van der Waals surface area contributed by atoms with Gasteiger partial charge in [-0.3, -0.25) is 4.57 Å². The first-order valence-electron chi connectivity index (χ1n) is 6.54. The van der Waals surface area contributed by atoms with Gasteiger partial charge < -0.3 is 14.6 Å². The van der Waals surface area contributed by atoms with Gasteiger partial charge in [-0.25, -0.2) is 4.79 Å². The van der Waals surface area contributed by atoms with Crippen LogP contribution in [0.5, 0.6) is 5.88 Å². The first-order valence-corrected chi connectivity index (χ1v) is 6.54. The minimum atomic E-state index is -0.384. The van der Waals surface area contributed by atoms with E-state index in [9.17, 15) is 4.79 Å². The molecule has 6 nitrogen and oxygen atoms in total. The summed E-state index contributed by atoms with van der Waals surface area (Å²) in [6.07, 6.45) is 2.60. The molecule has 0 radical (unpaired) electrons. The molecular weight excluding hydrogens is 248 g/mol. The number of aromatic nitrogens is 2. The fourth-order valence-corrected chi connectivity index (χ4v) is 2.13. The minimum Gasteiger partial charge on any atom is -0.475 e. The zero-order valence-electron chi connectivity index (χ0n) is 11.5. The lowest BCUT2D eigenvalue weighted by atomic mass is 10.2. The SMILES string of the molecule is Cc1cn(C2CCC(CO)O2)c(=O)nc1OC(C)C. The number of nitrogens with zero attached hydrogens (tertiary/aromatic N) is 2. The van der Waals surface area contributed by atoms with E-state index in [2.05, 4.69) is 4.98 Å². The Morgan fingerprint density at radius 3 is 2.89 bits per heavy atom. The summed E-state index contributed by atoms with van der Waals surface area (Å²) in [7, 11) is 0. The number of aliphatic hydroxyl groups excluding tert-OH is 1. The first-order chi connectivity index (χ1) is 9.01. The summed E-state index contributed by atoms with van der Waals surface area (Å²) in [5.74, 6) is 0.368. The quantitative estimate of drug-likeness (QED) is 0.882. The van der Waals surface area contributed by atoms with Crippen molar-refractivity contribution in [3.8, 4) is 5.88 Å². The highest BCUT2D eigenvalue weighted by atomic mass is 16.5. The zero-order chi connectivity index (χ0) is 14.0. The van der Waals surface area contributed by atoms with Crippen LogP contribution in [-0.2, 0) is 4.74 Å². The third-order valence-corrected chi connectivity index (χ3v) is 3.03. The molecule has 106 valence electrons. The Morgan fingerprint density at radius 1 is 1.58 bits per heavy atom. The van der Waals surface area contributed by atoms with Crippen molar-refractivity contribution in [3.63, 3.8) is 0 Å². The number of hydrogen-bond donors (Lipinski definition) is 1. The maximum absolute atomic E-state index is 12.0. The van der Waals surface area contributed by atoms with Gasteiger partial charge in [0.25, 0.3) is 0 Å². The van der Waals surface area contributed by atoms with Gasteiger partial charge in [0.15, 0.2) is 0 Å². The van der Waals surface area contributed by atoms with Crippen molar-refractivity contribution in [2.24, 2.45) is 0 Å². The molecule has 1 N–H and O–H groups in total. The molecule has 2 atom stereocenters. The number of rotatable bonds is 4. The maximum Gasteiger partial charge on any atom is 0.352 e. The van der Waals surface area contributed by atoms with Crippen LogP contribution >= 0.6 is 0 Å². The molecule has 0 aromatic carbocycles. The third-order valence-electron chi connectivity index (χ3n) is 3.03. The van der Waals surface area contributed by atoms with Crippen LogP contribution in [0.1, 0.15) is 38.5 Å². The molecule has 19 heavy (non-hydrogen) atoms. The number of aliphatic hydroxyl groups is 1. The Labute approximate surface area is 112 Å². The van der Waals surface area contributed by atoms with Gasteiger partial charge >= 0.3 is 5.69 Å². The van der Waals surface area contributed by atoms with Crippen molar-refractivity contribution in [3.05, 3.63) is 22.2 Å². The van der Waals surface area contributed by atoms with Crippen LogP contribution in [0.3, 0.4) is 0 Å². The van der Waals surface area contributed by atoms with Gasteiger partial charge in [0.05, 0.1) is 18.8 Å². The predicted octanol–water partition coefficient (Wildman–Crippen LogP) is 1.01. The van der Waals surface area contributed by atoms with Crippen LogP contribution in [0.2, 0.25) is 0 Å². The lowest BCUT2D eigenvalue weighted by molar-refractivity contribution is -0.0248. The summed E-state index contributed by atoms with van der Waals surface area (Å²) in [6.45, 7) is 5.60. The van der Waals surface area contributed by atoms with E-state index in [1.165, 1.54) is 4.57 Å². The van der Waals surface area contributed by atoms with Gasteiger partial charge in [-0.1, -0.05) is 0 Å². The van der Waals surface area contributed by atoms with Crippen LogP contribution in [0.4, 0.5) is 0 Å². The Morgan fingerprint density at radius 2 is 2.32 bits per heavy atom. The molecule has 1 aromatic heterocycles. The summed E-state index contributed by atoms with van der Waals surface area (Å²) in [5.41, 5.74) is 0.411. The molecule has 2 heterocycles. The largest absolute Gasteiger partial charge is 0.475 e. The molecule has 1 aliphatic heterocycles. The second kappa shape index (κ2) is 5.71. The predicted molar refractivity (Wildman–Crippen MR) is 69.2 cm³/mol. The average Bonchev–Trinajstić information content (AvgIpc) is 2.81. The molecule has 2 unspecified atom stereocenters. The van der Waals surface area contributed by atoms with E-state index in [0.29, 0.717) is 12.3 Å². The van der Waals surface area contributed by atoms with E-state index in [1.54, 1.807) is 6.20 Å². The normalized spacial score (nSPS) is 23.0. The molecular formula is C13H20N2O4. The molecule has 1 aliphatic rings. The molecule has 0 aliphatic carbocycles. The molecule has 0 amide bonds. The van der Waals surface area contributed by atoms with Crippen LogP contribution in [0.25, 0.3) is 0 Å². The Hall–Kier alpha value is -1.40. The molecule has 0 spiro atoms. The van der Waals surface area contributed by atoms with E-state index >= 15 is 0 Å². The average molecular weight is 268 g/mol. The van der Waals surface area contributed by atoms with E-state index < -0.39 is 0 Å². The van der Waals surface area contributed by atoms with Crippen molar-refractivity contribution in [2.45, 2.75) is 52.0 Å². The maximum atomic E-state index is 12.0. The fourth-order valence-electron chi connectivity index (χ4n) is 2.13. The van der Waals surface area contributed by atoms with Gasteiger partial charge in [0.2, 0.25) is 5.88 Å². The number of ether oxygens (including phenoxy) is 2. The minimum absolute atomic E-state index is 0.0216. The smallest absolute Gasteiger partial charge is 0.352 e.